The fourth-order valence-electron chi connectivity index (χ4n) is 5.22. The summed E-state index contributed by atoms with van der Waals surface area (Å²) in [7, 11) is 1.54. The Hall–Kier alpha value is -2.95. The van der Waals surface area contributed by atoms with Crippen molar-refractivity contribution in [3.63, 3.8) is 0 Å². The van der Waals surface area contributed by atoms with E-state index in [4.69, 9.17) is 4.74 Å². The first-order valence-corrected chi connectivity index (χ1v) is 12.7. The lowest BCUT2D eigenvalue weighted by molar-refractivity contribution is 0.0246. The molecule has 1 saturated heterocycles. The molecule has 3 N–H and O–H groups in total. The van der Waals surface area contributed by atoms with Gasteiger partial charge in [0.2, 0.25) is 0 Å². The fourth-order valence-corrected chi connectivity index (χ4v) is 5.22. The molecule has 1 fully saturated rings. The molecule has 1 atom stereocenters. The van der Waals surface area contributed by atoms with Crippen molar-refractivity contribution < 1.29 is 32.5 Å². The third-order valence-electron chi connectivity index (χ3n) is 7.61. The van der Waals surface area contributed by atoms with Gasteiger partial charge in [0.25, 0.3) is 0 Å². The number of aliphatic hydroxyl groups is 2. The number of hydrogen-bond donors (Lipinski definition) is 3. The first kappa shape index (κ1) is 28.1. The van der Waals surface area contributed by atoms with E-state index >= 15 is 0 Å². The standard InChI is InChI=1S/C28H33F4N3O3/c1-38-20-2-3-23-21(14-20)26(18(15-29)16-34-23)25(37)4-5-28(17-36)6-9-35(10-7-28)11-8-33-24-13-19(30)12-22(31)27(24)32/h2-3,12-14,16,25,33,36-37H,4-11,15,17H2,1H3. The van der Waals surface area contributed by atoms with Crippen LogP contribution < -0.4 is 10.1 Å². The van der Waals surface area contributed by atoms with Crippen LogP contribution >= 0.6 is 0 Å². The molecule has 0 aliphatic carbocycles. The lowest BCUT2D eigenvalue weighted by Gasteiger charge is -2.41. The average Bonchev–Trinajstić information content (AvgIpc) is 2.94. The van der Waals surface area contributed by atoms with E-state index in [0.29, 0.717) is 85.7 Å². The Kier molecular flexibility index (Phi) is 9.07. The summed E-state index contributed by atoms with van der Waals surface area (Å²) in [6, 6.07) is 6.71. The van der Waals surface area contributed by atoms with E-state index < -0.39 is 30.2 Å². The van der Waals surface area contributed by atoms with Crippen LogP contribution in [0.15, 0.2) is 36.5 Å². The molecule has 3 aromatic rings. The zero-order chi connectivity index (χ0) is 27.3. The number of nitrogens with one attached hydrogen (secondary N) is 1. The molecule has 1 aliphatic rings. The number of benzene rings is 2. The van der Waals surface area contributed by atoms with E-state index in [-0.39, 0.29) is 17.7 Å². The summed E-state index contributed by atoms with van der Waals surface area (Å²) in [6.07, 6.45) is 2.76. The zero-order valence-electron chi connectivity index (χ0n) is 21.3. The first-order valence-electron chi connectivity index (χ1n) is 12.7. The van der Waals surface area contributed by atoms with Gasteiger partial charge in [-0.2, -0.15) is 0 Å². The van der Waals surface area contributed by atoms with Gasteiger partial charge in [-0.15, -0.1) is 0 Å². The molecule has 2 heterocycles. The van der Waals surface area contributed by atoms with Gasteiger partial charge >= 0.3 is 0 Å². The van der Waals surface area contributed by atoms with Crippen molar-refractivity contribution in [1.29, 1.82) is 0 Å². The minimum Gasteiger partial charge on any atom is -0.497 e. The highest BCUT2D eigenvalue weighted by Crippen LogP contribution is 2.40. The molecule has 2 aromatic carbocycles. The van der Waals surface area contributed by atoms with Crippen LogP contribution in [-0.2, 0) is 6.67 Å². The summed E-state index contributed by atoms with van der Waals surface area (Å²) in [4.78, 5) is 6.43. The van der Waals surface area contributed by atoms with Crippen molar-refractivity contribution in [2.75, 3.05) is 45.2 Å². The highest BCUT2D eigenvalue weighted by atomic mass is 19.2. The number of likely N-dealkylation sites (tertiary alicyclic amines) is 1. The van der Waals surface area contributed by atoms with Crippen molar-refractivity contribution in [3.05, 3.63) is 65.1 Å². The molecule has 6 nitrogen and oxygen atoms in total. The average molecular weight is 536 g/mol. The molecule has 1 aliphatic heterocycles. The molecule has 0 amide bonds. The normalized spacial score (nSPS) is 16.5. The number of piperidine rings is 1. The first-order chi connectivity index (χ1) is 18.3. The Balaban J connectivity index is 1.35. The number of aromatic nitrogens is 1. The highest BCUT2D eigenvalue weighted by molar-refractivity contribution is 5.85. The molecular weight excluding hydrogens is 502 g/mol. The van der Waals surface area contributed by atoms with E-state index in [1.807, 2.05) is 0 Å². The number of anilines is 1. The molecule has 0 spiro atoms. The fraction of sp³-hybridized carbons (Fsp3) is 0.464. The van der Waals surface area contributed by atoms with E-state index in [1.165, 1.54) is 13.3 Å². The van der Waals surface area contributed by atoms with E-state index in [1.54, 1.807) is 18.2 Å². The number of fused-ring (bicyclic) bond motifs is 1. The molecule has 0 saturated carbocycles. The maximum Gasteiger partial charge on any atom is 0.182 e. The largest absolute Gasteiger partial charge is 0.497 e. The molecule has 10 heteroatoms. The minimum atomic E-state index is -1.24. The van der Waals surface area contributed by atoms with Crippen LogP contribution in [0, 0.1) is 22.9 Å². The number of hydrogen-bond acceptors (Lipinski definition) is 6. The van der Waals surface area contributed by atoms with Gasteiger partial charge in [0.15, 0.2) is 11.6 Å². The van der Waals surface area contributed by atoms with Crippen LogP contribution in [0.5, 0.6) is 5.75 Å². The van der Waals surface area contributed by atoms with Gasteiger partial charge in [-0.25, -0.2) is 17.6 Å². The van der Waals surface area contributed by atoms with Gasteiger partial charge in [0, 0.05) is 49.0 Å². The summed E-state index contributed by atoms with van der Waals surface area (Å²) >= 11 is 0. The SMILES string of the molecule is COc1ccc2ncc(CF)c(C(O)CCC3(CO)CCN(CCNc4cc(F)cc(F)c4F)CC3)c2c1. The van der Waals surface area contributed by atoms with Crippen LogP contribution in [0.1, 0.15) is 42.9 Å². The summed E-state index contributed by atoms with van der Waals surface area (Å²) in [6.45, 7) is 1.38. The van der Waals surface area contributed by atoms with Crippen LogP contribution in [0.2, 0.25) is 0 Å². The quantitative estimate of drug-likeness (QED) is 0.234. The van der Waals surface area contributed by atoms with E-state index in [2.05, 4.69) is 15.2 Å². The van der Waals surface area contributed by atoms with Crippen molar-refractivity contribution in [3.8, 4) is 5.75 Å². The number of pyridine rings is 1. The Bertz CT molecular complexity index is 1250. The van der Waals surface area contributed by atoms with Crippen molar-refractivity contribution in [1.82, 2.24) is 9.88 Å². The van der Waals surface area contributed by atoms with Gasteiger partial charge in [0.1, 0.15) is 18.2 Å². The Morgan fingerprint density at radius 2 is 1.92 bits per heavy atom. The van der Waals surface area contributed by atoms with Crippen LogP contribution in [-0.4, -0.2) is 60.0 Å². The Morgan fingerprint density at radius 3 is 2.61 bits per heavy atom. The molecule has 1 aromatic heterocycles. The number of methoxy groups -OCH3 is 1. The van der Waals surface area contributed by atoms with Gasteiger partial charge in [-0.3, -0.25) is 4.98 Å². The van der Waals surface area contributed by atoms with Gasteiger partial charge in [-0.05, 0) is 68.0 Å². The summed E-state index contributed by atoms with van der Waals surface area (Å²) in [5.41, 5.74) is 0.852. The molecule has 206 valence electrons. The second-order valence-electron chi connectivity index (χ2n) is 9.94. The molecule has 4 rings (SSSR count). The maximum atomic E-state index is 13.8. The predicted octanol–water partition coefficient (Wildman–Crippen LogP) is 5.13. The van der Waals surface area contributed by atoms with Crippen LogP contribution in [0.25, 0.3) is 10.9 Å². The van der Waals surface area contributed by atoms with Crippen molar-refractivity contribution in [2.45, 2.75) is 38.5 Å². The van der Waals surface area contributed by atoms with E-state index in [9.17, 15) is 27.8 Å². The summed E-state index contributed by atoms with van der Waals surface area (Å²) in [5.74, 6) is -2.61. The van der Waals surface area contributed by atoms with Gasteiger partial charge in [0.05, 0.1) is 24.4 Å². The number of ether oxygens (including phenoxy) is 1. The molecule has 0 bridgehead atoms. The predicted molar refractivity (Wildman–Crippen MR) is 137 cm³/mol. The molecule has 38 heavy (non-hydrogen) atoms. The maximum absolute atomic E-state index is 13.8. The molecule has 0 radical (unpaired) electrons. The second kappa shape index (κ2) is 12.3. The van der Waals surface area contributed by atoms with Crippen LogP contribution in [0.3, 0.4) is 0 Å². The van der Waals surface area contributed by atoms with Gasteiger partial charge < -0.3 is 25.2 Å². The second-order valence-corrected chi connectivity index (χ2v) is 9.94. The lowest BCUT2D eigenvalue weighted by Crippen LogP contribution is -2.43. The number of halogens is 4. The third kappa shape index (κ3) is 6.19. The lowest BCUT2D eigenvalue weighted by atomic mass is 9.74. The van der Waals surface area contributed by atoms with E-state index in [0.717, 1.165) is 6.07 Å². The minimum absolute atomic E-state index is 0.0412. The van der Waals surface area contributed by atoms with Crippen LogP contribution in [0.4, 0.5) is 23.2 Å². The smallest absolute Gasteiger partial charge is 0.182 e. The highest BCUT2D eigenvalue weighted by Gasteiger charge is 2.34. The Morgan fingerprint density at radius 1 is 1.16 bits per heavy atom. The monoisotopic (exact) mass is 535 g/mol. The molecular formula is C28H33F4N3O3. The zero-order valence-corrected chi connectivity index (χ0v) is 21.3. The van der Waals surface area contributed by atoms with Gasteiger partial charge in [-0.1, -0.05) is 0 Å². The number of alkyl halides is 1. The third-order valence-corrected chi connectivity index (χ3v) is 7.61. The molecule has 1 unspecified atom stereocenters. The summed E-state index contributed by atoms with van der Waals surface area (Å²) in [5, 5.41) is 24.8. The van der Waals surface area contributed by atoms with Crippen molar-refractivity contribution >= 4 is 16.6 Å². The van der Waals surface area contributed by atoms with Crippen molar-refractivity contribution in [2.24, 2.45) is 5.41 Å². The summed E-state index contributed by atoms with van der Waals surface area (Å²) < 4.78 is 59.7. The Labute approximate surface area is 219 Å². The number of rotatable bonds is 11. The number of nitrogens with zero attached hydrogens (tertiary/aromatic N) is 2. The number of aliphatic hydroxyl groups excluding tert-OH is 2. The topological polar surface area (TPSA) is 77.8 Å².